The summed E-state index contributed by atoms with van der Waals surface area (Å²) in [5, 5.41) is 3.00. The summed E-state index contributed by atoms with van der Waals surface area (Å²) in [6, 6.07) is 18.8. The fourth-order valence-corrected chi connectivity index (χ4v) is 2.71. The Morgan fingerprint density at radius 1 is 1.04 bits per heavy atom. The molecule has 0 fully saturated rings. The van der Waals surface area contributed by atoms with Crippen LogP contribution in [0.2, 0.25) is 5.15 Å². The number of benzene rings is 2. The van der Waals surface area contributed by atoms with Gasteiger partial charge in [0, 0.05) is 12.7 Å². The number of carbonyl (C=O) groups is 1. The first-order valence-corrected chi connectivity index (χ1v) is 8.77. The van der Waals surface area contributed by atoms with E-state index in [2.05, 4.69) is 10.3 Å². The van der Waals surface area contributed by atoms with Gasteiger partial charge in [-0.15, -0.1) is 0 Å². The third-order valence-electron chi connectivity index (χ3n) is 3.92. The molecule has 1 aromatic heterocycles. The molecular formula is C21H19ClN2O3. The first-order valence-electron chi connectivity index (χ1n) is 8.39. The second kappa shape index (κ2) is 9.05. The van der Waals surface area contributed by atoms with Crippen LogP contribution in [0.25, 0.3) is 0 Å². The summed E-state index contributed by atoms with van der Waals surface area (Å²) in [6.07, 6.45) is 1.54. The van der Waals surface area contributed by atoms with Crippen molar-refractivity contribution in [1.29, 1.82) is 0 Å². The van der Waals surface area contributed by atoms with Gasteiger partial charge in [-0.25, -0.2) is 4.98 Å². The van der Waals surface area contributed by atoms with Crippen LogP contribution in [0, 0.1) is 0 Å². The SMILES string of the molecule is COc1cc(CNC(=O)c2cccnc2Cl)ccc1OCc1ccccc1. The Morgan fingerprint density at radius 2 is 1.85 bits per heavy atom. The third kappa shape index (κ3) is 4.99. The average molecular weight is 383 g/mol. The summed E-state index contributed by atoms with van der Waals surface area (Å²) >= 11 is 5.95. The maximum absolute atomic E-state index is 12.2. The molecule has 0 aliphatic carbocycles. The van der Waals surface area contributed by atoms with Crippen molar-refractivity contribution >= 4 is 17.5 Å². The predicted molar refractivity (Wildman–Crippen MR) is 104 cm³/mol. The topological polar surface area (TPSA) is 60.5 Å². The van der Waals surface area contributed by atoms with E-state index >= 15 is 0 Å². The lowest BCUT2D eigenvalue weighted by atomic mass is 10.2. The van der Waals surface area contributed by atoms with E-state index in [1.807, 2.05) is 48.5 Å². The van der Waals surface area contributed by atoms with Crippen molar-refractivity contribution in [2.75, 3.05) is 7.11 Å². The van der Waals surface area contributed by atoms with Gasteiger partial charge < -0.3 is 14.8 Å². The lowest BCUT2D eigenvalue weighted by Gasteiger charge is -2.13. The van der Waals surface area contributed by atoms with Gasteiger partial charge in [-0.2, -0.15) is 0 Å². The number of ether oxygens (including phenoxy) is 2. The van der Waals surface area contributed by atoms with Gasteiger partial charge in [-0.1, -0.05) is 48.0 Å². The van der Waals surface area contributed by atoms with Crippen molar-refractivity contribution in [2.24, 2.45) is 0 Å². The lowest BCUT2D eigenvalue weighted by molar-refractivity contribution is 0.0950. The highest BCUT2D eigenvalue weighted by molar-refractivity contribution is 6.32. The minimum absolute atomic E-state index is 0.178. The predicted octanol–water partition coefficient (Wildman–Crippen LogP) is 4.25. The first kappa shape index (κ1) is 18.7. The van der Waals surface area contributed by atoms with Crippen LogP contribution in [0.1, 0.15) is 21.5 Å². The summed E-state index contributed by atoms with van der Waals surface area (Å²) in [5.41, 5.74) is 2.30. The lowest BCUT2D eigenvalue weighted by Crippen LogP contribution is -2.23. The van der Waals surface area contributed by atoms with Crippen molar-refractivity contribution in [2.45, 2.75) is 13.2 Å². The molecule has 0 aliphatic rings. The van der Waals surface area contributed by atoms with Crippen molar-refractivity contribution in [3.05, 3.63) is 88.7 Å². The Morgan fingerprint density at radius 3 is 2.59 bits per heavy atom. The molecule has 0 atom stereocenters. The number of amides is 1. The first-order chi connectivity index (χ1) is 13.2. The molecule has 0 saturated heterocycles. The van der Waals surface area contributed by atoms with Gasteiger partial charge >= 0.3 is 0 Å². The molecular weight excluding hydrogens is 364 g/mol. The van der Waals surface area contributed by atoms with E-state index in [9.17, 15) is 4.79 Å². The maximum atomic E-state index is 12.2. The van der Waals surface area contributed by atoms with Crippen LogP contribution in [0.15, 0.2) is 66.9 Å². The van der Waals surface area contributed by atoms with E-state index in [0.29, 0.717) is 30.2 Å². The summed E-state index contributed by atoms with van der Waals surface area (Å²) in [6.45, 7) is 0.784. The van der Waals surface area contributed by atoms with Gasteiger partial charge in [-0.3, -0.25) is 4.79 Å². The van der Waals surface area contributed by atoms with Gasteiger partial charge in [0.25, 0.3) is 5.91 Å². The van der Waals surface area contributed by atoms with Gasteiger partial charge in [0.15, 0.2) is 11.5 Å². The van der Waals surface area contributed by atoms with Crippen molar-refractivity contribution in [1.82, 2.24) is 10.3 Å². The third-order valence-corrected chi connectivity index (χ3v) is 4.22. The van der Waals surface area contributed by atoms with E-state index in [4.69, 9.17) is 21.1 Å². The number of pyridine rings is 1. The number of hydrogen-bond acceptors (Lipinski definition) is 4. The molecule has 138 valence electrons. The quantitative estimate of drug-likeness (QED) is 0.620. The number of nitrogens with one attached hydrogen (secondary N) is 1. The van der Waals surface area contributed by atoms with Gasteiger partial charge in [0.1, 0.15) is 11.8 Å². The molecule has 0 bridgehead atoms. The zero-order chi connectivity index (χ0) is 19.1. The van der Waals surface area contributed by atoms with Gasteiger partial charge in [0.05, 0.1) is 12.7 Å². The summed E-state index contributed by atoms with van der Waals surface area (Å²) in [4.78, 5) is 16.1. The molecule has 27 heavy (non-hydrogen) atoms. The average Bonchev–Trinajstić information content (AvgIpc) is 2.71. The minimum Gasteiger partial charge on any atom is -0.493 e. The van der Waals surface area contributed by atoms with Crippen LogP contribution < -0.4 is 14.8 Å². The zero-order valence-electron chi connectivity index (χ0n) is 14.8. The minimum atomic E-state index is -0.281. The molecule has 0 radical (unpaired) electrons. The molecule has 0 aliphatic heterocycles. The molecule has 1 amide bonds. The van der Waals surface area contributed by atoms with Crippen LogP contribution >= 0.6 is 11.6 Å². The number of halogens is 1. The standard InChI is InChI=1S/C21H19ClN2O3/c1-26-19-12-16(13-24-21(25)17-8-5-11-23-20(17)22)9-10-18(19)27-14-15-6-3-2-4-7-15/h2-12H,13-14H2,1H3,(H,24,25). The second-order valence-corrected chi connectivity index (χ2v) is 6.14. The molecule has 1 N–H and O–H groups in total. The van der Waals surface area contributed by atoms with E-state index < -0.39 is 0 Å². The Hall–Kier alpha value is -3.05. The second-order valence-electron chi connectivity index (χ2n) is 5.78. The van der Waals surface area contributed by atoms with E-state index in [1.54, 1.807) is 19.2 Å². The molecule has 5 nitrogen and oxygen atoms in total. The number of rotatable bonds is 7. The highest BCUT2D eigenvalue weighted by Gasteiger charge is 2.11. The van der Waals surface area contributed by atoms with Crippen LogP contribution in [-0.4, -0.2) is 18.0 Å². The molecule has 1 heterocycles. The molecule has 2 aromatic carbocycles. The highest BCUT2D eigenvalue weighted by atomic mass is 35.5. The Balaban J connectivity index is 1.63. The van der Waals surface area contributed by atoms with Crippen LogP contribution in [-0.2, 0) is 13.2 Å². The molecule has 0 saturated carbocycles. The monoisotopic (exact) mass is 382 g/mol. The van der Waals surface area contributed by atoms with Crippen LogP contribution in [0.3, 0.4) is 0 Å². The fraction of sp³-hybridized carbons (Fsp3) is 0.143. The normalized spacial score (nSPS) is 10.3. The largest absolute Gasteiger partial charge is 0.493 e. The number of carbonyl (C=O) groups excluding carboxylic acids is 1. The summed E-state index contributed by atoms with van der Waals surface area (Å²) in [5.74, 6) is 0.972. The Kier molecular flexibility index (Phi) is 6.28. The van der Waals surface area contributed by atoms with Crippen molar-refractivity contribution in [3.8, 4) is 11.5 Å². The summed E-state index contributed by atoms with van der Waals surface area (Å²) < 4.78 is 11.3. The number of methoxy groups -OCH3 is 1. The molecule has 3 rings (SSSR count). The molecule has 3 aromatic rings. The van der Waals surface area contributed by atoms with Crippen LogP contribution in [0.5, 0.6) is 11.5 Å². The molecule has 0 spiro atoms. The van der Waals surface area contributed by atoms with E-state index in [-0.39, 0.29) is 11.1 Å². The highest BCUT2D eigenvalue weighted by Crippen LogP contribution is 2.29. The van der Waals surface area contributed by atoms with Crippen molar-refractivity contribution in [3.63, 3.8) is 0 Å². The summed E-state index contributed by atoms with van der Waals surface area (Å²) in [7, 11) is 1.59. The van der Waals surface area contributed by atoms with Gasteiger partial charge in [-0.05, 0) is 35.4 Å². The smallest absolute Gasteiger partial charge is 0.254 e. The van der Waals surface area contributed by atoms with Crippen LogP contribution in [0.4, 0.5) is 0 Å². The molecule has 0 unspecified atom stereocenters. The maximum Gasteiger partial charge on any atom is 0.254 e. The molecule has 6 heteroatoms. The van der Waals surface area contributed by atoms with E-state index in [0.717, 1.165) is 11.1 Å². The van der Waals surface area contributed by atoms with Crippen molar-refractivity contribution < 1.29 is 14.3 Å². The van der Waals surface area contributed by atoms with E-state index in [1.165, 1.54) is 6.20 Å². The fourth-order valence-electron chi connectivity index (χ4n) is 2.51. The Bertz CT molecular complexity index is 916. The number of hydrogen-bond donors (Lipinski definition) is 1. The zero-order valence-corrected chi connectivity index (χ0v) is 15.6. The Labute approximate surface area is 162 Å². The number of aromatic nitrogens is 1. The van der Waals surface area contributed by atoms with Gasteiger partial charge in [0.2, 0.25) is 0 Å². The number of nitrogens with zero attached hydrogens (tertiary/aromatic N) is 1.